The Morgan fingerprint density at radius 3 is 2.37 bits per heavy atom. The van der Waals surface area contributed by atoms with E-state index in [0.29, 0.717) is 13.2 Å². The first-order valence-electron chi connectivity index (χ1n) is 9.93. The fraction of sp³-hybridized carbons (Fsp3) is 0.545. The van der Waals surface area contributed by atoms with Gasteiger partial charge in [-0.1, -0.05) is 52.7 Å². The molecule has 0 fully saturated rings. The van der Waals surface area contributed by atoms with Crippen LogP contribution in [0.3, 0.4) is 0 Å². The number of ketones is 1. The topological polar surface area (TPSA) is 66.8 Å². The van der Waals surface area contributed by atoms with Crippen LogP contribution in [0.15, 0.2) is 35.6 Å². The van der Waals surface area contributed by atoms with E-state index < -0.39 is 17.7 Å². The smallest absolute Gasteiger partial charge is 0.290 e. The average Bonchev–Trinajstić information content (AvgIpc) is 2.90. The number of benzene rings is 1. The summed E-state index contributed by atoms with van der Waals surface area (Å²) in [6.45, 7) is 8.84. The molecule has 2 rings (SSSR count). The SMILES string of the molecule is CCCCCOc1ccc(C2C(C(=O)C(C)C)=C(O)C(=O)N2CCC)cc1. The van der Waals surface area contributed by atoms with E-state index in [9.17, 15) is 14.7 Å². The minimum Gasteiger partial charge on any atom is -0.503 e. The van der Waals surface area contributed by atoms with E-state index in [1.54, 1.807) is 18.7 Å². The Bertz CT molecular complexity index is 691. The van der Waals surface area contributed by atoms with E-state index in [0.717, 1.165) is 37.0 Å². The number of ether oxygens (including phenoxy) is 1. The molecular weight excluding hydrogens is 342 g/mol. The van der Waals surface area contributed by atoms with Crippen LogP contribution >= 0.6 is 0 Å². The fourth-order valence-electron chi connectivity index (χ4n) is 3.32. The highest BCUT2D eigenvalue weighted by molar-refractivity contribution is 6.09. The van der Waals surface area contributed by atoms with Gasteiger partial charge in [0.2, 0.25) is 0 Å². The molecule has 0 saturated heterocycles. The van der Waals surface area contributed by atoms with Crippen LogP contribution in [0.1, 0.15) is 65.0 Å². The summed E-state index contributed by atoms with van der Waals surface area (Å²) < 4.78 is 5.75. The Kier molecular flexibility index (Phi) is 7.45. The number of rotatable bonds is 10. The number of aliphatic hydroxyl groups excluding tert-OH is 1. The number of nitrogens with zero attached hydrogens (tertiary/aromatic N) is 1. The number of hydrogen-bond acceptors (Lipinski definition) is 4. The first kappa shape index (κ1) is 21.0. The quantitative estimate of drug-likeness (QED) is 0.609. The van der Waals surface area contributed by atoms with Crippen LogP contribution in [-0.2, 0) is 9.59 Å². The molecule has 0 aromatic heterocycles. The summed E-state index contributed by atoms with van der Waals surface area (Å²) in [6.07, 6.45) is 4.05. The highest BCUT2D eigenvalue weighted by Crippen LogP contribution is 2.39. The van der Waals surface area contributed by atoms with Gasteiger partial charge in [0.1, 0.15) is 5.75 Å². The van der Waals surface area contributed by atoms with Gasteiger partial charge in [0.25, 0.3) is 5.91 Å². The maximum atomic E-state index is 12.7. The molecule has 1 atom stereocenters. The summed E-state index contributed by atoms with van der Waals surface area (Å²) in [5.41, 5.74) is 1.02. The Hall–Kier alpha value is -2.30. The highest BCUT2D eigenvalue weighted by Gasteiger charge is 2.43. The molecule has 0 spiro atoms. The van der Waals surface area contributed by atoms with Crippen LogP contribution in [0.4, 0.5) is 0 Å². The minimum absolute atomic E-state index is 0.190. The second-order valence-corrected chi connectivity index (χ2v) is 7.31. The van der Waals surface area contributed by atoms with Crippen molar-refractivity contribution < 1.29 is 19.4 Å². The Labute approximate surface area is 162 Å². The van der Waals surface area contributed by atoms with E-state index in [1.165, 1.54) is 0 Å². The summed E-state index contributed by atoms with van der Waals surface area (Å²) in [4.78, 5) is 26.8. The van der Waals surface area contributed by atoms with E-state index >= 15 is 0 Å². The van der Waals surface area contributed by atoms with Gasteiger partial charge in [0.05, 0.1) is 18.2 Å². The molecule has 1 unspecified atom stereocenters. The van der Waals surface area contributed by atoms with Gasteiger partial charge < -0.3 is 14.7 Å². The van der Waals surface area contributed by atoms with Crippen LogP contribution in [0.25, 0.3) is 0 Å². The number of carbonyl (C=O) groups is 2. The van der Waals surface area contributed by atoms with Gasteiger partial charge in [-0.15, -0.1) is 0 Å². The Morgan fingerprint density at radius 1 is 1.15 bits per heavy atom. The molecule has 0 bridgehead atoms. The Balaban J connectivity index is 2.28. The molecular formula is C22H31NO4. The molecule has 0 saturated carbocycles. The standard InChI is InChI=1S/C22H31NO4/c1-5-7-8-14-27-17-11-9-16(10-12-17)19-18(20(24)15(3)4)21(25)22(26)23(19)13-6-2/h9-12,15,19,25H,5-8,13-14H2,1-4H3. The van der Waals surface area contributed by atoms with Gasteiger partial charge in [-0.25, -0.2) is 0 Å². The zero-order valence-corrected chi connectivity index (χ0v) is 16.8. The maximum absolute atomic E-state index is 12.7. The third-order valence-corrected chi connectivity index (χ3v) is 4.77. The van der Waals surface area contributed by atoms with Crippen LogP contribution in [0, 0.1) is 5.92 Å². The predicted octanol–water partition coefficient (Wildman–Crippen LogP) is 4.59. The maximum Gasteiger partial charge on any atom is 0.290 e. The number of amides is 1. The van der Waals surface area contributed by atoms with Crippen LogP contribution < -0.4 is 4.74 Å². The second kappa shape index (κ2) is 9.58. The van der Waals surface area contributed by atoms with E-state index in [4.69, 9.17) is 4.74 Å². The number of unbranched alkanes of at least 4 members (excludes halogenated alkanes) is 2. The van der Waals surface area contributed by atoms with Crippen LogP contribution in [0.2, 0.25) is 0 Å². The molecule has 1 N–H and O–H groups in total. The number of carbonyl (C=O) groups excluding carboxylic acids is 2. The highest BCUT2D eigenvalue weighted by atomic mass is 16.5. The fourth-order valence-corrected chi connectivity index (χ4v) is 3.32. The van der Waals surface area contributed by atoms with Crippen molar-refractivity contribution in [1.29, 1.82) is 0 Å². The van der Waals surface area contributed by atoms with Gasteiger partial charge >= 0.3 is 0 Å². The molecule has 1 aromatic rings. The van der Waals surface area contributed by atoms with Crippen molar-refractivity contribution in [3.05, 3.63) is 41.2 Å². The predicted molar refractivity (Wildman–Crippen MR) is 106 cm³/mol. The normalized spacial score (nSPS) is 17.1. The monoisotopic (exact) mass is 373 g/mol. The van der Waals surface area contributed by atoms with Crippen LogP contribution in [0.5, 0.6) is 5.75 Å². The summed E-state index contributed by atoms with van der Waals surface area (Å²) in [7, 11) is 0. The summed E-state index contributed by atoms with van der Waals surface area (Å²) in [5, 5.41) is 10.4. The summed E-state index contributed by atoms with van der Waals surface area (Å²) >= 11 is 0. The molecule has 0 aliphatic carbocycles. The molecule has 0 radical (unpaired) electrons. The molecule has 1 aliphatic rings. The molecule has 1 aliphatic heterocycles. The molecule has 1 aromatic carbocycles. The molecule has 1 heterocycles. The molecule has 148 valence electrons. The molecule has 5 nitrogen and oxygen atoms in total. The van der Waals surface area contributed by atoms with Gasteiger partial charge in [0, 0.05) is 12.5 Å². The van der Waals surface area contributed by atoms with Crippen molar-refractivity contribution in [3.63, 3.8) is 0 Å². The first-order chi connectivity index (χ1) is 12.9. The zero-order valence-electron chi connectivity index (χ0n) is 16.8. The Morgan fingerprint density at radius 2 is 1.81 bits per heavy atom. The minimum atomic E-state index is -0.540. The lowest BCUT2D eigenvalue weighted by atomic mass is 9.91. The van der Waals surface area contributed by atoms with E-state index in [2.05, 4.69) is 6.92 Å². The van der Waals surface area contributed by atoms with Crippen molar-refractivity contribution in [2.45, 2.75) is 59.4 Å². The lowest BCUT2D eigenvalue weighted by Gasteiger charge is -2.27. The number of aliphatic hydroxyl groups is 1. The van der Waals surface area contributed by atoms with Gasteiger partial charge in [-0.2, -0.15) is 0 Å². The lowest BCUT2D eigenvalue weighted by molar-refractivity contribution is -0.129. The third-order valence-electron chi connectivity index (χ3n) is 4.77. The van der Waals surface area contributed by atoms with Crippen molar-refractivity contribution in [2.24, 2.45) is 5.92 Å². The second-order valence-electron chi connectivity index (χ2n) is 7.31. The molecule has 27 heavy (non-hydrogen) atoms. The largest absolute Gasteiger partial charge is 0.503 e. The molecule has 5 heteroatoms. The number of hydrogen-bond donors (Lipinski definition) is 1. The van der Waals surface area contributed by atoms with Gasteiger partial charge in [-0.3, -0.25) is 9.59 Å². The lowest BCUT2D eigenvalue weighted by Crippen LogP contribution is -2.32. The van der Waals surface area contributed by atoms with Gasteiger partial charge in [0.15, 0.2) is 11.5 Å². The summed E-state index contributed by atoms with van der Waals surface area (Å²) in [6, 6.07) is 6.94. The van der Waals surface area contributed by atoms with Gasteiger partial charge in [-0.05, 0) is 30.5 Å². The van der Waals surface area contributed by atoms with Crippen molar-refractivity contribution in [3.8, 4) is 5.75 Å². The molecule has 1 amide bonds. The van der Waals surface area contributed by atoms with Crippen molar-refractivity contribution in [1.82, 2.24) is 4.90 Å². The zero-order chi connectivity index (χ0) is 20.0. The first-order valence-corrected chi connectivity index (χ1v) is 9.93. The van der Waals surface area contributed by atoms with Crippen LogP contribution in [-0.4, -0.2) is 34.8 Å². The van der Waals surface area contributed by atoms with E-state index in [1.807, 2.05) is 31.2 Å². The van der Waals surface area contributed by atoms with E-state index in [-0.39, 0.29) is 17.3 Å². The van der Waals surface area contributed by atoms with Crippen molar-refractivity contribution >= 4 is 11.7 Å². The summed E-state index contributed by atoms with van der Waals surface area (Å²) in [5.74, 6) is -0.589. The average molecular weight is 373 g/mol. The third kappa shape index (κ3) is 4.71. The van der Waals surface area contributed by atoms with Crippen molar-refractivity contribution in [2.75, 3.05) is 13.2 Å². The number of Topliss-reactive ketones (excluding diaryl/α,β-unsaturated/α-hetero) is 1.